The molecule has 2 N–H and O–H groups in total. The van der Waals surface area contributed by atoms with Crippen LogP contribution in [-0.4, -0.2) is 25.6 Å². The van der Waals surface area contributed by atoms with Gasteiger partial charge in [-0.1, -0.05) is 49.1 Å². The van der Waals surface area contributed by atoms with E-state index in [2.05, 4.69) is 54.5 Å². The summed E-state index contributed by atoms with van der Waals surface area (Å²) < 4.78 is 0. The lowest BCUT2D eigenvalue weighted by Gasteiger charge is -2.24. The van der Waals surface area contributed by atoms with E-state index in [1.807, 2.05) is 27.7 Å². The Balaban J connectivity index is 2.54. The molecule has 4 heteroatoms. The van der Waals surface area contributed by atoms with Gasteiger partial charge < -0.3 is 10.6 Å². The molecule has 0 aliphatic rings. The Labute approximate surface area is 130 Å². The molecule has 0 saturated carbocycles. The minimum atomic E-state index is -1.23. The molecule has 0 aliphatic carbocycles. The van der Waals surface area contributed by atoms with Gasteiger partial charge in [0, 0.05) is 12.1 Å². The molecule has 0 saturated heterocycles. The van der Waals surface area contributed by atoms with Crippen LogP contribution >= 0.6 is 0 Å². The minimum absolute atomic E-state index is 0.0428. The molecule has 0 aliphatic heterocycles. The summed E-state index contributed by atoms with van der Waals surface area (Å²) in [5.41, 5.74) is 1.03. The van der Waals surface area contributed by atoms with Crippen molar-refractivity contribution >= 4 is 19.2 Å². The average molecular weight is 307 g/mol. The number of rotatable bonds is 5. The van der Waals surface area contributed by atoms with E-state index < -0.39 is 8.07 Å². The molecule has 1 amide bonds. The van der Waals surface area contributed by atoms with Crippen molar-refractivity contribution in [2.45, 2.75) is 65.5 Å². The number of hydrogen-bond donors (Lipinski definition) is 2. The highest BCUT2D eigenvalue weighted by Crippen LogP contribution is 2.05. The first-order chi connectivity index (χ1) is 9.49. The molecule has 1 unspecified atom stereocenters. The molecule has 0 aromatic heterocycles. The molecule has 3 nitrogen and oxygen atoms in total. The fourth-order valence-corrected chi connectivity index (χ4v) is 3.13. The molecule has 0 heterocycles. The first kappa shape index (κ1) is 17.9. The van der Waals surface area contributed by atoms with Gasteiger partial charge in [0.25, 0.3) is 0 Å². The van der Waals surface area contributed by atoms with E-state index >= 15 is 0 Å². The van der Waals surface area contributed by atoms with Gasteiger partial charge in [-0.05, 0) is 33.3 Å². The van der Waals surface area contributed by atoms with Crippen LogP contribution in [0.1, 0.15) is 33.3 Å². The van der Waals surface area contributed by atoms with Gasteiger partial charge in [0.2, 0.25) is 5.91 Å². The summed E-state index contributed by atoms with van der Waals surface area (Å²) >= 11 is 0. The largest absolute Gasteiger partial charge is 0.350 e. The normalized spacial score (nSPS) is 13.9. The summed E-state index contributed by atoms with van der Waals surface area (Å²) in [5.74, 6) is 0.0428. The topological polar surface area (TPSA) is 41.1 Å². The van der Waals surface area contributed by atoms with Crippen molar-refractivity contribution in [2.75, 3.05) is 0 Å². The van der Waals surface area contributed by atoms with Gasteiger partial charge in [0.05, 0.1) is 14.1 Å². The molecular weight excluding hydrogens is 276 g/mol. The van der Waals surface area contributed by atoms with Crippen LogP contribution in [0.15, 0.2) is 24.3 Å². The fraction of sp³-hybridized carbons (Fsp3) is 0.588. The quantitative estimate of drug-likeness (QED) is 0.821. The van der Waals surface area contributed by atoms with E-state index in [1.165, 1.54) is 10.8 Å². The van der Waals surface area contributed by atoms with Gasteiger partial charge in [0.1, 0.15) is 0 Å². The summed E-state index contributed by atoms with van der Waals surface area (Å²) in [6.07, 6.45) is 0. The zero-order chi connectivity index (χ0) is 16.3. The molecule has 0 spiro atoms. The molecule has 1 aromatic carbocycles. The maximum absolute atomic E-state index is 12.0. The number of benzene rings is 1. The van der Waals surface area contributed by atoms with Crippen molar-refractivity contribution in [3.63, 3.8) is 0 Å². The Kier molecular flexibility index (Phi) is 5.76. The predicted octanol–water partition coefficient (Wildman–Crippen LogP) is 2.62. The van der Waals surface area contributed by atoms with Gasteiger partial charge in [-0.25, -0.2) is 0 Å². The second-order valence-electron chi connectivity index (χ2n) is 7.79. The number of amides is 1. The summed E-state index contributed by atoms with van der Waals surface area (Å²) in [6.45, 7) is 15.6. The van der Waals surface area contributed by atoms with Crippen molar-refractivity contribution < 1.29 is 4.79 Å². The van der Waals surface area contributed by atoms with E-state index in [1.54, 1.807) is 0 Å². The highest BCUT2D eigenvalue weighted by Gasteiger charge is 2.19. The van der Waals surface area contributed by atoms with Crippen LogP contribution in [0, 0.1) is 0 Å². The van der Waals surface area contributed by atoms with Gasteiger partial charge in [0.15, 0.2) is 0 Å². The van der Waals surface area contributed by atoms with Crippen molar-refractivity contribution in [3.05, 3.63) is 29.8 Å². The van der Waals surface area contributed by atoms with Gasteiger partial charge >= 0.3 is 0 Å². The lowest BCUT2D eigenvalue weighted by Crippen LogP contribution is -2.49. The Bertz CT molecular complexity index is 469. The van der Waals surface area contributed by atoms with E-state index in [9.17, 15) is 4.79 Å². The Morgan fingerprint density at radius 2 is 1.67 bits per heavy atom. The Hall–Kier alpha value is -1.13. The molecule has 0 bridgehead atoms. The lowest BCUT2D eigenvalue weighted by molar-refractivity contribution is -0.124. The lowest BCUT2D eigenvalue weighted by atomic mass is 10.1. The van der Waals surface area contributed by atoms with Crippen LogP contribution in [0.5, 0.6) is 0 Å². The molecule has 0 fully saturated rings. The van der Waals surface area contributed by atoms with Crippen LogP contribution in [0.3, 0.4) is 0 Å². The molecule has 1 atom stereocenters. The minimum Gasteiger partial charge on any atom is -0.350 e. The van der Waals surface area contributed by atoms with E-state index in [0.29, 0.717) is 6.54 Å². The van der Waals surface area contributed by atoms with Crippen molar-refractivity contribution in [3.8, 4) is 0 Å². The highest BCUT2D eigenvalue weighted by molar-refractivity contribution is 6.88. The maximum atomic E-state index is 12.0. The van der Waals surface area contributed by atoms with Crippen LogP contribution < -0.4 is 15.8 Å². The predicted molar refractivity (Wildman–Crippen MR) is 93.6 cm³/mol. The number of hydrogen-bond acceptors (Lipinski definition) is 2. The van der Waals surface area contributed by atoms with E-state index in [4.69, 9.17) is 0 Å². The first-order valence-corrected chi connectivity index (χ1v) is 11.1. The third kappa shape index (κ3) is 6.44. The zero-order valence-corrected chi connectivity index (χ0v) is 15.5. The number of carbonyl (C=O) groups excluding carboxylic acids is 1. The van der Waals surface area contributed by atoms with Gasteiger partial charge in [-0.15, -0.1) is 0 Å². The van der Waals surface area contributed by atoms with Crippen molar-refractivity contribution in [1.29, 1.82) is 0 Å². The standard InChI is InChI=1S/C17H30N2OSi/c1-13(16(20)19-17(2,3)4)18-12-14-8-10-15(11-9-14)21(5,6)7/h8-11,13,18H,12H2,1-7H3,(H,19,20). The fourth-order valence-electron chi connectivity index (χ4n) is 1.96. The first-order valence-electron chi connectivity index (χ1n) is 7.64. The average Bonchev–Trinajstić information content (AvgIpc) is 2.33. The highest BCUT2D eigenvalue weighted by atomic mass is 28.3. The van der Waals surface area contributed by atoms with Crippen molar-refractivity contribution in [1.82, 2.24) is 10.6 Å². The number of nitrogens with one attached hydrogen (secondary N) is 2. The summed E-state index contributed by atoms with van der Waals surface area (Å²) in [4.78, 5) is 12.0. The van der Waals surface area contributed by atoms with Crippen LogP contribution in [0.4, 0.5) is 0 Å². The Morgan fingerprint density at radius 1 is 1.14 bits per heavy atom. The van der Waals surface area contributed by atoms with Crippen molar-refractivity contribution in [2.24, 2.45) is 0 Å². The Morgan fingerprint density at radius 3 is 2.10 bits per heavy atom. The number of carbonyl (C=O) groups is 1. The van der Waals surface area contributed by atoms with Crippen LogP contribution in [0.2, 0.25) is 19.6 Å². The molecule has 1 rings (SSSR count). The van der Waals surface area contributed by atoms with Gasteiger partial charge in [-0.2, -0.15) is 0 Å². The monoisotopic (exact) mass is 306 g/mol. The second kappa shape index (κ2) is 6.75. The third-order valence-electron chi connectivity index (χ3n) is 3.32. The van der Waals surface area contributed by atoms with E-state index in [-0.39, 0.29) is 17.5 Å². The molecule has 0 radical (unpaired) electrons. The van der Waals surface area contributed by atoms with Crippen LogP contribution in [0.25, 0.3) is 0 Å². The van der Waals surface area contributed by atoms with E-state index in [0.717, 1.165) is 0 Å². The molecular formula is C17H30N2OSi. The second-order valence-corrected chi connectivity index (χ2v) is 12.9. The molecule has 118 valence electrons. The maximum Gasteiger partial charge on any atom is 0.237 e. The SMILES string of the molecule is CC(NCc1ccc([Si](C)(C)C)cc1)C(=O)NC(C)(C)C. The van der Waals surface area contributed by atoms with Crippen LogP contribution in [-0.2, 0) is 11.3 Å². The smallest absolute Gasteiger partial charge is 0.237 e. The molecule has 21 heavy (non-hydrogen) atoms. The van der Waals surface area contributed by atoms with Gasteiger partial charge in [-0.3, -0.25) is 4.79 Å². The summed E-state index contributed by atoms with van der Waals surface area (Å²) in [6, 6.07) is 8.58. The third-order valence-corrected chi connectivity index (χ3v) is 5.39. The summed E-state index contributed by atoms with van der Waals surface area (Å²) in [7, 11) is -1.23. The molecule has 1 aromatic rings. The zero-order valence-electron chi connectivity index (χ0n) is 14.5. The summed E-state index contributed by atoms with van der Waals surface area (Å²) in [5, 5.41) is 7.73.